The summed E-state index contributed by atoms with van der Waals surface area (Å²) in [6, 6.07) is 4.67. The molecule has 0 spiro atoms. The maximum absolute atomic E-state index is 11.7. The average Bonchev–Trinajstić information content (AvgIpc) is 2.42. The lowest BCUT2D eigenvalue weighted by Gasteiger charge is -2.10. The molecule has 19 heavy (non-hydrogen) atoms. The minimum Gasteiger partial charge on any atom is -0.465 e. The Morgan fingerprint density at radius 1 is 1.11 bits per heavy atom. The molecule has 2 aromatic rings. The van der Waals surface area contributed by atoms with Gasteiger partial charge in [0.2, 0.25) is 0 Å². The van der Waals surface area contributed by atoms with Crippen LogP contribution in [-0.2, 0) is 4.74 Å². The fourth-order valence-corrected chi connectivity index (χ4v) is 2.27. The number of benzene rings is 1. The fourth-order valence-electron chi connectivity index (χ4n) is 1.63. The molecule has 0 fully saturated rings. The zero-order valence-electron chi connectivity index (χ0n) is 9.78. The highest BCUT2D eigenvalue weighted by Crippen LogP contribution is 2.36. The van der Waals surface area contributed by atoms with Gasteiger partial charge in [-0.2, -0.15) is 0 Å². The number of pyridine rings is 1. The highest BCUT2D eigenvalue weighted by molar-refractivity contribution is 6.44. The van der Waals surface area contributed by atoms with E-state index in [4.69, 9.17) is 39.5 Å². The number of esters is 1. The number of rotatable bonds is 2. The van der Waals surface area contributed by atoms with Crippen molar-refractivity contribution in [2.45, 2.75) is 0 Å². The minimum absolute atomic E-state index is 0.346. The van der Waals surface area contributed by atoms with Gasteiger partial charge in [-0.05, 0) is 18.2 Å². The first-order valence-corrected chi connectivity index (χ1v) is 6.35. The summed E-state index contributed by atoms with van der Waals surface area (Å²) >= 11 is 18.0. The SMILES string of the molecule is COC(=O)c1ccncc1-c1cc(Cl)c(Cl)cc1Cl. The van der Waals surface area contributed by atoms with E-state index in [1.807, 2.05) is 0 Å². The van der Waals surface area contributed by atoms with Crippen LogP contribution in [-0.4, -0.2) is 18.1 Å². The molecule has 0 radical (unpaired) electrons. The Morgan fingerprint density at radius 3 is 2.47 bits per heavy atom. The van der Waals surface area contributed by atoms with Gasteiger partial charge in [-0.3, -0.25) is 4.98 Å². The van der Waals surface area contributed by atoms with Gasteiger partial charge in [0.1, 0.15) is 0 Å². The Bertz CT molecular complexity index is 644. The summed E-state index contributed by atoms with van der Waals surface area (Å²) in [6.45, 7) is 0. The molecule has 0 atom stereocenters. The third-order valence-electron chi connectivity index (χ3n) is 2.53. The van der Waals surface area contributed by atoms with Gasteiger partial charge in [-0.15, -0.1) is 0 Å². The van der Waals surface area contributed by atoms with Gasteiger partial charge < -0.3 is 4.74 Å². The number of hydrogen-bond donors (Lipinski definition) is 0. The normalized spacial score (nSPS) is 10.3. The second kappa shape index (κ2) is 5.78. The topological polar surface area (TPSA) is 39.2 Å². The van der Waals surface area contributed by atoms with Gasteiger partial charge in [0.15, 0.2) is 0 Å². The molecule has 0 aliphatic carbocycles. The second-order valence-electron chi connectivity index (χ2n) is 3.66. The monoisotopic (exact) mass is 315 g/mol. The van der Waals surface area contributed by atoms with Crippen LogP contribution in [0.1, 0.15) is 10.4 Å². The molecule has 3 nitrogen and oxygen atoms in total. The molecular formula is C13H8Cl3NO2. The van der Waals surface area contributed by atoms with Crippen LogP contribution in [0.15, 0.2) is 30.6 Å². The van der Waals surface area contributed by atoms with E-state index in [2.05, 4.69) is 4.98 Å². The Hall–Kier alpha value is -1.29. The lowest BCUT2D eigenvalue weighted by Crippen LogP contribution is -2.04. The van der Waals surface area contributed by atoms with E-state index in [0.717, 1.165) is 0 Å². The predicted molar refractivity (Wildman–Crippen MR) is 76.0 cm³/mol. The van der Waals surface area contributed by atoms with Gasteiger partial charge in [-0.1, -0.05) is 34.8 Å². The van der Waals surface area contributed by atoms with E-state index in [9.17, 15) is 4.79 Å². The molecule has 0 aliphatic rings. The largest absolute Gasteiger partial charge is 0.465 e. The molecule has 0 unspecified atom stereocenters. The van der Waals surface area contributed by atoms with Gasteiger partial charge in [0, 0.05) is 23.5 Å². The quantitative estimate of drug-likeness (QED) is 0.605. The van der Waals surface area contributed by atoms with Crippen molar-refractivity contribution in [2.24, 2.45) is 0 Å². The summed E-state index contributed by atoms with van der Waals surface area (Å²) < 4.78 is 4.72. The van der Waals surface area contributed by atoms with Crippen LogP contribution in [0.3, 0.4) is 0 Å². The van der Waals surface area contributed by atoms with Crippen LogP contribution in [0.25, 0.3) is 11.1 Å². The molecule has 0 amide bonds. The lowest BCUT2D eigenvalue weighted by molar-refractivity contribution is 0.0601. The van der Waals surface area contributed by atoms with Crippen LogP contribution in [0.2, 0.25) is 15.1 Å². The van der Waals surface area contributed by atoms with Crippen LogP contribution in [0.4, 0.5) is 0 Å². The Balaban J connectivity index is 2.66. The molecule has 0 saturated heterocycles. The summed E-state index contributed by atoms with van der Waals surface area (Å²) in [4.78, 5) is 15.7. The lowest BCUT2D eigenvalue weighted by atomic mass is 10.0. The zero-order chi connectivity index (χ0) is 14.0. The number of methoxy groups -OCH3 is 1. The molecule has 0 N–H and O–H groups in total. The smallest absolute Gasteiger partial charge is 0.338 e. The summed E-state index contributed by atoms with van der Waals surface area (Å²) in [7, 11) is 1.31. The Labute approximate surface area is 125 Å². The van der Waals surface area contributed by atoms with Crippen molar-refractivity contribution in [3.63, 3.8) is 0 Å². The molecule has 0 aliphatic heterocycles. The Kier molecular flexibility index (Phi) is 4.30. The standard InChI is InChI=1S/C13H8Cl3NO2/c1-19-13(18)7-2-3-17-6-9(7)8-4-11(15)12(16)5-10(8)14/h2-6H,1H3. The number of hydrogen-bond acceptors (Lipinski definition) is 3. The number of aromatic nitrogens is 1. The molecule has 0 bridgehead atoms. The van der Waals surface area contributed by atoms with Crippen LogP contribution >= 0.6 is 34.8 Å². The predicted octanol–water partition coefficient (Wildman–Crippen LogP) is 4.50. The van der Waals surface area contributed by atoms with Crippen LogP contribution < -0.4 is 0 Å². The van der Waals surface area contributed by atoms with Gasteiger partial charge >= 0.3 is 5.97 Å². The van der Waals surface area contributed by atoms with E-state index < -0.39 is 5.97 Å². The summed E-state index contributed by atoms with van der Waals surface area (Å²) in [6.07, 6.45) is 3.03. The maximum Gasteiger partial charge on any atom is 0.338 e. The molecule has 1 aromatic heterocycles. The van der Waals surface area contributed by atoms with Crippen LogP contribution in [0.5, 0.6) is 0 Å². The third kappa shape index (κ3) is 2.84. The van der Waals surface area contributed by atoms with Crippen molar-refractivity contribution in [2.75, 3.05) is 7.11 Å². The van der Waals surface area contributed by atoms with E-state index in [1.165, 1.54) is 25.6 Å². The maximum atomic E-state index is 11.7. The van der Waals surface area contributed by atoms with Gasteiger partial charge in [0.05, 0.1) is 27.7 Å². The highest BCUT2D eigenvalue weighted by Gasteiger charge is 2.16. The first-order chi connectivity index (χ1) is 9.04. The summed E-state index contributed by atoms with van der Waals surface area (Å²) in [5.74, 6) is -0.473. The van der Waals surface area contributed by atoms with Crippen molar-refractivity contribution in [1.29, 1.82) is 0 Å². The molecule has 1 heterocycles. The number of ether oxygens (including phenoxy) is 1. The van der Waals surface area contributed by atoms with E-state index in [0.29, 0.717) is 31.8 Å². The highest BCUT2D eigenvalue weighted by atomic mass is 35.5. The van der Waals surface area contributed by atoms with E-state index in [-0.39, 0.29) is 0 Å². The first kappa shape index (κ1) is 14.1. The molecule has 2 rings (SSSR count). The van der Waals surface area contributed by atoms with Crippen molar-refractivity contribution in [3.05, 3.63) is 51.2 Å². The molecule has 98 valence electrons. The van der Waals surface area contributed by atoms with E-state index >= 15 is 0 Å². The van der Waals surface area contributed by atoms with Gasteiger partial charge in [0.25, 0.3) is 0 Å². The number of halogens is 3. The molecule has 1 aromatic carbocycles. The number of nitrogens with zero attached hydrogens (tertiary/aromatic N) is 1. The van der Waals surface area contributed by atoms with Crippen molar-refractivity contribution in [3.8, 4) is 11.1 Å². The van der Waals surface area contributed by atoms with E-state index in [1.54, 1.807) is 12.1 Å². The van der Waals surface area contributed by atoms with Crippen molar-refractivity contribution >= 4 is 40.8 Å². The average molecular weight is 317 g/mol. The number of carbonyl (C=O) groups is 1. The first-order valence-electron chi connectivity index (χ1n) is 5.22. The molecule has 0 saturated carbocycles. The fraction of sp³-hybridized carbons (Fsp3) is 0.0769. The third-order valence-corrected chi connectivity index (χ3v) is 3.56. The molecular weight excluding hydrogens is 309 g/mol. The molecule has 6 heteroatoms. The minimum atomic E-state index is -0.473. The summed E-state index contributed by atoms with van der Waals surface area (Å²) in [5.41, 5.74) is 1.47. The zero-order valence-corrected chi connectivity index (χ0v) is 12.1. The summed E-state index contributed by atoms with van der Waals surface area (Å²) in [5, 5.41) is 1.08. The number of carbonyl (C=O) groups excluding carboxylic acids is 1. The van der Waals surface area contributed by atoms with Crippen molar-refractivity contribution in [1.82, 2.24) is 4.98 Å². The van der Waals surface area contributed by atoms with Crippen LogP contribution in [0, 0.1) is 0 Å². The Morgan fingerprint density at radius 2 is 1.79 bits per heavy atom. The second-order valence-corrected chi connectivity index (χ2v) is 4.88. The van der Waals surface area contributed by atoms with Crippen molar-refractivity contribution < 1.29 is 9.53 Å². The van der Waals surface area contributed by atoms with Gasteiger partial charge in [-0.25, -0.2) is 4.79 Å².